The molecule has 2 atom stereocenters. The lowest BCUT2D eigenvalue weighted by Crippen LogP contribution is -2.45. The third kappa shape index (κ3) is 4.30. The Labute approximate surface area is 137 Å². The molecule has 6 heteroatoms. The second kappa shape index (κ2) is 8.08. The van der Waals surface area contributed by atoms with Gasteiger partial charge < -0.3 is 9.80 Å². The molecule has 0 aromatic carbocycles. The van der Waals surface area contributed by atoms with E-state index in [-0.39, 0.29) is 6.04 Å². The summed E-state index contributed by atoms with van der Waals surface area (Å²) < 4.78 is 0. The highest BCUT2D eigenvalue weighted by atomic mass is 16.5. The van der Waals surface area contributed by atoms with Crippen LogP contribution in [0.5, 0.6) is 0 Å². The van der Waals surface area contributed by atoms with Gasteiger partial charge in [0.25, 0.3) is 5.91 Å². The molecular weight excluding hydrogens is 292 g/mol. The summed E-state index contributed by atoms with van der Waals surface area (Å²) in [4.78, 5) is 20.5. The van der Waals surface area contributed by atoms with E-state index in [0.29, 0.717) is 6.04 Å². The first-order valence-corrected chi connectivity index (χ1v) is 8.19. The van der Waals surface area contributed by atoms with Gasteiger partial charge in [-0.05, 0) is 50.2 Å². The molecule has 0 saturated carbocycles. The van der Waals surface area contributed by atoms with Gasteiger partial charge in [-0.15, -0.1) is 0 Å². The zero-order valence-electron chi connectivity index (χ0n) is 14.1. The summed E-state index contributed by atoms with van der Waals surface area (Å²) in [6.45, 7) is 9.68. The minimum absolute atomic E-state index is 0.237. The number of fused-ring (bicyclic) bond motifs is 1. The van der Waals surface area contributed by atoms with Crippen molar-refractivity contribution in [2.45, 2.75) is 39.3 Å². The summed E-state index contributed by atoms with van der Waals surface area (Å²) in [6.07, 6.45) is 10.1. The number of hydrogen-bond donors (Lipinski definition) is 2. The van der Waals surface area contributed by atoms with Gasteiger partial charge in [-0.25, -0.2) is 5.48 Å². The topological polar surface area (TPSA) is 68.2 Å². The van der Waals surface area contributed by atoms with Gasteiger partial charge in [-0.3, -0.25) is 15.0 Å². The molecular formula is C17H26N4O2. The minimum atomic E-state index is -0.542. The summed E-state index contributed by atoms with van der Waals surface area (Å²) >= 11 is 0. The lowest BCUT2D eigenvalue weighted by atomic mass is 10.1. The smallest absolute Gasteiger partial charge is 0.267 e. The van der Waals surface area contributed by atoms with E-state index in [9.17, 15) is 4.79 Å². The second-order valence-corrected chi connectivity index (χ2v) is 5.87. The SMILES string of the molecule is CCCN(CC)CC1C(C)N=C2C=C(/C=C/C(=O)NO)C=CN21. The number of carbonyl (C=O) groups is 1. The molecule has 0 aromatic heterocycles. The van der Waals surface area contributed by atoms with Crippen LogP contribution < -0.4 is 5.48 Å². The van der Waals surface area contributed by atoms with Crippen LogP contribution in [-0.4, -0.2) is 58.5 Å². The number of amides is 1. The first kappa shape index (κ1) is 17.4. The van der Waals surface area contributed by atoms with E-state index in [2.05, 4.69) is 30.6 Å². The van der Waals surface area contributed by atoms with Crippen LogP contribution in [0.4, 0.5) is 0 Å². The molecule has 2 rings (SSSR count). The molecule has 0 spiro atoms. The highest BCUT2D eigenvalue weighted by Gasteiger charge is 2.33. The molecule has 0 fully saturated rings. The Kier molecular flexibility index (Phi) is 6.12. The number of allylic oxidation sites excluding steroid dienone is 3. The Balaban J connectivity index is 2.06. The van der Waals surface area contributed by atoms with Crippen LogP contribution in [-0.2, 0) is 4.79 Å². The molecule has 0 aromatic rings. The van der Waals surface area contributed by atoms with Crippen molar-refractivity contribution in [3.8, 4) is 0 Å². The molecule has 0 saturated heterocycles. The normalized spacial score (nSPS) is 23.3. The third-order valence-corrected chi connectivity index (χ3v) is 4.21. The molecule has 126 valence electrons. The molecule has 0 aliphatic carbocycles. The summed E-state index contributed by atoms with van der Waals surface area (Å²) in [6, 6.07) is 0.580. The van der Waals surface area contributed by atoms with Crippen LogP contribution in [0.15, 0.2) is 41.1 Å². The molecule has 1 amide bonds. The number of nitrogens with one attached hydrogen (secondary N) is 1. The van der Waals surface area contributed by atoms with E-state index in [1.54, 1.807) is 11.6 Å². The number of carbonyl (C=O) groups excluding carboxylic acids is 1. The van der Waals surface area contributed by atoms with Gasteiger partial charge in [0.1, 0.15) is 5.84 Å². The molecule has 23 heavy (non-hydrogen) atoms. The Morgan fingerprint density at radius 2 is 2.30 bits per heavy atom. The van der Waals surface area contributed by atoms with E-state index in [0.717, 1.165) is 37.5 Å². The average molecular weight is 318 g/mol. The molecule has 0 radical (unpaired) electrons. The maximum atomic E-state index is 11.1. The number of amidine groups is 1. The van der Waals surface area contributed by atoms with Crippen LogP contribution >= 0.6 is 0 Å². The fourth-order valence-corrected chi connectivity index (χ4v) is 2.94. The Bertz CT molecular complexity index is 551. The van der Waals surface area contributed by atoms with Crippen LogP contribution in [0, 0.1) is 0 Å². The molecule has 2 N–H and O–H groups in total. The van der Waals surface area contributed by atoms with Crippen molar-refractivity contribution < 1.29 is 10.0 Å². The molecule has 2 aliphatic rings. The van der Waals surface area contributed by atoms with E-state index in [1.807, 2.05) is 18.4 Å². The summed E-state index contributed by atoms with van der Waals surface area (Å²) in [5.74, 6) is 0.390. The van der Waals surface area contributed by atoms with Crippen molar-refractivity contribution in [1.82, 2.24) is 15.3 Å². The number of hydrogen-bond acceptors (Lipinski definition) is 5. The summed E-state index contributed by atoms with van der Waals surface area (Å²) in [7, 11) is 0. The van der Waals surface area contributed by atoms with E-state index in [1.165, 1.54) is 6.08 Å². The van der Waals surface area contributed by atoms with Gasteiger partial charge in [0, 0.05) is 18.8 Å². The van der Waals surface area contributed by atoms with Crippen LogP contribution in [0.25, 0.3) is 0 Å². The predicted molar refractivity (Wildman–Crippen MR) is 91.2 cm³/mol. The average Bonchev–Trinajstić information content (AvgIpc) is 2.86. The largest absolute Gasteiger partial charge is 0.327 e. The predicted octanol–water partition coefficient (Wildman–Crippen LogP) is 1.70. The van der Waals surface area contributed by atoms with Crippen LogP contribution in [0.1, 0.15) is 27.2 Å². The zero-order valence-corrected chi connectivity index (χ0v) is 14.1. The monoisotopic (exact) mass is 318 g/mol. The van der Waals surface area contributed by atoms with Gasteiger partial charge in [0.15, 0.2) is 0 Å². The molecule has 0 bridgehead atoms. The highest BCUT2D eigenvalue weighted by molar-refractivity contribution is 5.98. The van der Waals surface area contributed by atoms with Crippen molar-refractivity contribution in [3.63, 3.8) is 0 Å². The Morgan fingerprint density at radius 1 is 1.52 bits per heavy atom. The van der Waals surface area contributed by atoms with Crippen LogP contribution in [0.2, 0.25) is 0 Å². The second-order valence-electron chi connectivity index (χ2n) is 5.87. The van der Waals surface area contributed by atoms with Gasteiger partial charge in [-0.2, -0.15) is 0 Å². The maximum absolute atomic E-state index is 11.1. The van der Waals surface area contributed by atoms with E-state index < -0.39 is 5.91 Å². The number of aliphatic imine (C=N–C) groups is 1. The lowest BCUT2D eigenvalue weighted by molar-refractivity contribution is -0.124. The molecule has 2 unspecified atom stereocenters. The molecule has 2 aliphatic heterocycles. The van der Waals surface area contributed by atoms with Crippen molar-refractivity contribution in [2.75, 3.05) is 19.6 Å². The molecule has 2 heterocycles. The number of likely N-dealkylation sites (N-methyl/N-ethyl adjacent to an activating group) is 1. The lowest BCUT2D eigenvalue weighted by Gasteiger charge is -2.32. The first-order valence-electron chi connectivity index (χ1n) is 8.19. The summed E-state index contributed by atoms with van der Waals surface area (Å²) in [5, 5.41) is 8.51. The quantitative estimate of drug-likeness (QED) is 0.426. The fourth-order valence-electron chi connectivity index (χ4n) is 2.94. The first-order chi connectivity index (χ1) is 11.1. The van der Waals surface area contributed by atoms with Crippen molar-refractivity contribution in [2.24, 2.45) is 4.99 Å². The highest BCUT2D eigenvalue weighted by Crippen LogP contribution is 2.24. The van der Waals surface area contributed by atoms with Gasteiger partial charge in [-0.1, -0.05) is 13.8 Å². The number of nitrogens with zero attached hydrogens (tertiary/aromatic N) is 3. The van der Waals surface area contributed by atoms with E-state index in [4.69, 9.17) is 10.2 Å². The Morgan fingerprint density at radius 3 is 2.96 bits per heavy atom. The van der Waals surface area contributed by atoms with Crippen LogP contribution in [0.3, 0.4) is 0 Å². The standard InChI is InChI=1S/C17H26N4O2/c1-4-9-20(5-2)12-15-13(3)18-16-11-14(8-10-21(15)16)6-7-17(22)19-23/h6-8,10-11,13,15,23H,4-5,9,12H2,1-3H3,(H,19,22)/b7-6+. The fraction of sp³-hybridized carbons (Fsp3) is 0.529. The van der Waals surface area contributed by atoms with Gasteiger partial charge >= 0.3 is 0 Å². The van der Waals surface area contributed by atoms with Crippen molar-refractivity contribution >= 4 is 11.7 Å². The van der Waals surface area contributed by atoms with Crippen molar-refractivity contribution in [1.29, 1.82) is 0 Å². The number of rotatable bonds is 7. The molecule has 6 nitrogen and oxygen atoms in total. The third-order valence-electron chi connectivity index (χ3n) is 4.21. The van der Waals surface area contributed by atoms with Gasteiger partial charge in [0.05, 0.1) is 12.1 Å². The maximum Gasteiger partial charge on any atom is 0.267 e. The zero-order chi connectivity index (χ0) is 16.8. The Hall–Kier alpha value is -1.92. The minimum Gasteiger partial charge on any atom is -0.327 e. The van der Waals surface area contributed by atoms with Crippen molar-refractivity contribution in [3.05, 3.63) is 36.1 Å². The van der Waals surface area contributed by atoms with Gasteiger partial charge in [0.2, 0.25) is 0 Å². The van der Waals surface area contributed by atoms with E-state index >= 15 is 0 Å². The summed E-state index contributed by atoms with van der Waals surface area (Å²) in [5.41, 5.74) is 2.47. The number of hydroxylamine groups is 1.